The van der Waals surface area contributed by atoms with Crippen molar-refractivity contribution < 1.29 is 10.0 Å². The minimum Gasteiger partial charge on any atom is -0.392 e. The van der Waals surface area contributed by atoms with Gasteiger partial charge in [0.05, 0.1) is 11.5 Å². The van der Waals surface area contributed by atoms with E-state index in [2.05, 4.69) is 0 Å². The van der Waals surface area contributed by atoms with Crippen LogP contribution in [0.1, 0.15) is 5.56 Å². The summed E-state index contributed by atoms with van der Waals surface area (Å²) < 4.78 is 0. The van der Waals surface area contributed by atoms with Crippen LogP contribution in [0.5, 0.6) is 0 Å². The molecule has 0 aliphatic carbocycles. The van der Waals surface area contributed by atoms with E-state index in [0.717, 1.165) is 9.79 Å². The van der Waals surface area contributed by atoms with Crippen LogP contribution in [0.2, 0.25) is 5.02 Å². The summed E-state index contributed by atoms with van der Waals surface area (Å²) in [5, 5.41) is 20.6. The fraction of sp³-hybridized carbons (Fsp3) is 0.0769. The van der Waals surface area contributed by atoms with Gasteiger partial charge in [-0.05, 0) is 29.8 Å². The Balaban J connectivity index is 2.32. The van der Waals surface area contributed by atoms with Crippen LogP contribution in [0.3, 0.4) is 0 Å². The lowest BCUT2D eigenvalue weighted by Crippen LogP contribution is -1.93. The summed E-state index contributed by atoms with van der Waals surface area (Å²) in [6.45, 7) is -0.245. The highest BCUT2D eigenvalue weighted by atomic mass is 35.5. The first-order valence-electron chi connectivity index (χ1n) is 5.42. The molecule has 0 aromatic heterocycles. The highest BCUT2D eigenvalue weighted by Crippen LogP contribution is 2.33. The fourth-order valence-electron chi connectivity index (χ4n) is 1.56. The molecule has 0 fully saturated rings. The Morgan fingerprint density at radius 3 is 2.68 bits per heavy atom. The lowest BCUT2D eigenvalue weighted by molar-refractivity contribution is -0.385. The van der Waals surface area contributed by atoms with Crippen molar-refractivity contribution in [2.45, 2.75) is 16.4 Å². The van der Waals surface area contributed by atoms with Crippen molar-refractivity contribution in [3.8, 4) is 0 Å². The van der Waals surface area contributed by atoms with Gasteiger partial charge >= 0.3 is 0 Å². The van der Waals surface area contributed by atoms with Crippen LogP contribution in [0.4, 0.5) is 5.69 Å². The zero-order chi connectivity index (χ0) is 13.8. The minimum atomic E-state index is -0.479. The number of benzene rings is 2. The lowest BCUT2D eigenvalue weighted by atomic mass is 10.2. The van der Waals surface area contributed by atoms with E-state index < -0.39 is 4.92 Å². The summed E-state index contributed by atoms with van der Waals surface area (Å²) in [7, 11) is 0. The Morgan fingerprint density at radius 1 is 1.26 bits per heavy atom. The quantitative estimate of drug-likeness (QED) is 0.686. The number of hydrogen-bond donors (Lipinski definition) is 1. The SMILES string of the molecule is O=[N+]([O-])c1ccc(Sc2cccc(Cl)c2)c(CO)c1. The normalized spacial score (nSPS) is 10.4. The van der Waals surface area contributed by atoms with Crippen molar-refractivity contribution >= 4 is 29.1 Å². The molecule has 0 bridgehead atoms. The molecular weight excluding hydrogens is 286 g/mol. The molecule has 2 aromatic carbocycles. The monoisotopic (exact) mass is 295 g/mol. The fourth-order valence-corrected chi connectivity index (χ4v) is 2.79. The summed E-state index contributed by atoms with van der Waals surface area (Å²) in [6, 6.07) is 11.7. The Labute approximate surface area is 119 Å². The molecule has 0 unspecified atom stereocenters. The van der Waals surface area contributed by atoms with Gasteiger partial charge in [0.25, 0.3) is 5.69 Å². The van der Waals surface area contributed by atoms with Crippen LogP contribution < -0.4 is 0 Å². The summed E-state index contributed by atoms with van der Waals surface area (Å²) in [6.07, 6.45) is 0. The summed E-state index contributed by atoms with van der Waals surface area (Å²) in [5.41, 5.74) is 0.499. The van der Waals surface area contributed by atoms with Crippen LogP contribution in [0, 0.1) is 10.1 Å². The first-order valence-corrected chi connectivity index (χ1v) is 6.61. The molecule has 0 aliphatic rings. The molecule has 1 N–H and O–H groups in total. The molecule has 0 amide bonds. The number of hydrogen-bond acceptors (Lipinski definition) is 4. The summed E-state index contributed by atoms with van der Waals surface area (Å²) in [5.74, 6) is 0. The third-order valence-corrected chi connectivity index (χ3v) is 3.79. The number of nitrogens with zero attached hydrogens (tertiary/aromatic N) is 1. The van der Waals surface area contributed by atoms with Gasteiger partial charge in [-0.3, -0.25) is 10.1 Å². The molecule has 4 nitrogen and oxygen atoms in total. The third-order valence-electron chi connectivity index (χ3n) is 2.45. The maximum atomic E-state index is 10.7. The van der Waals surface area contributed by atoms with Crippen LogP contribution in [0.15, 0.2) is 52.3 Å². The van der Waals surface area contributed by atoms with E-state index in [1.807, 2.05) is 12.1 Å². The van der Waals surface area contributed by atoms with E-state index in [1.165, 1.54) is 23.9 Å². The highest BCUT2D eigenvalue weighted by molar-refractivity contribution is 7.99. The highest BCUT2D eigenvalue weighted by Gasteiger charge is 2.11. The van der Waals surface area contributed by atoms with Crippen molar-refractivity contribution in [2.24, 2.45) is 0 Å². The zero-order valence-corrected chi connectivity index (χ0v) is 11.3. The number of nitro benzene ring substituents is 1. The number of nitro groups is 1. The van der Waals surface area contributed by atoms with E-state index >= 15 is 0 Å². The van der Waals surface area contributed by atoms with Crippen molar-refractivity contribution in [1.82, 2.24) is 0 Å². The zero-order valence-electron chi connectivity index (χ0n) is 9.75. The predicted molar refractivity (Wildman–Crippen MR) is 74.6 cm³/mol. The molecule has 0 heterocycles. The average molecular weight is 296 g/mol. The Bertz CT molecular complexity index is 619. The van der Waals surface area contributed by atoms with Crippen molar-refractivity contribution in [1.29, 1.82) is 0 Å². The number of halogens is 1. The maximum absolute atomic E-state index is 10.7. The van der Waals surface area contributed by atoms with Gasteiger partial charge < -0.3 is 5.11 Å². The molecule has 19 heavy (non-hydrogen) atoms. The second-order valence-electron chi connectivity index (χ2n) is 3.77. The lowest BCUT2D eigenvalue weighted by Gasteiger charge is -2.07. The van der Waals surface area contributed by atoms with Crippen LogP contribution >= 0.6 is 23.4 Å². The van der Waals surface area contributed by atoms with Gasteiger partial charge in [-0.15, -0.1) is 0 Å². The minimum absolute atomic E-state index is 0.0282. The van der Waals surface area contributed by atoms with Gasteiger partial charge in [0.15, 0.2) is 0 Å². The molecule has 0 spiro atoms. The topological polar surface area (TPSA) is 63.4 Å². The molecule has 2 aromatic rings. The number of aliphatic hydroxyl groups is 1. The van der Waals surface area contributed by atoms with Gasteiger partial charge in [0.2, 0.25) is 0 Å². The first kappa shape index (κ1) is 13.9. The smallest absolute Gasteiger partial charge is 0.269 e. The second-order valence-corrected chi connectivity index (χ2v) is 5.32. The van der Waals surface area contributed by atoms with Gasteiger partial charge in [-0.2, -0.15) is 0 Å². The molecule has 0 saturated heterocycles. The average Bonchev–Trinajstić information content (AvgIpc) is 2.39. The van der Waals surface area contributed by atoms with Crippen LogP contribution in [-0.2, 0) is 6.61 Å². The van der Waals surface area contributed by atoms with E-state index in [0.29, 0.717) is 10.6 Å². The van der Waals surface area contributed by atoms with E-state index in [-0.39, 0.29) is 12.3 Å². The Kier molecular flexibility index (Phi) is 4.42. The third kappa shape index (κ3) is 3.47. The standard InChI is InChI=1S/C13H10ClNO3S/c14-10-2-1-3-12(7-10)19-13-5-4-11(15(17)18)6-9(13)8-16/h1-7,16H,8H2. The van der Waals surface area contributed by atoms with E-state index in [1.54, 1.807) is 18.2 Å². The molecule has 2 rings (SSSR count). The maximum Gasteiger partial charge on any atom is 0.269 e. The van der Waals surface area contributed by atoms with Gasteiger partial charge in [-0.1, -0.05) is 29.4 Å². The first-order chi connectivity index (χ1) is 9.10. The van der Waals surface area contributed by atoms with E-state index in [4.69, 9.17) is 11.6 Å². The van der Waals surface area contributed by atoms with Crippen molar-refractivity contribution in [3.63, 3.8) is 0 Å². The Hall–Kier alpha value is -1.56. The Morgan fingerprint density at radius 2 is 2.05 bits per heavy atom. The molecule has 0 saturated carbocycles. The molecule has 98 valence electrons. The summed E-state index contributed by atoms with van der Waals surface area (Å²) in [4.78, 5) is 11.9. The number of rotatable bonds is 4. The van der Waals surface area contributed by atoms with Crippen LogP contribution in [0.25, 0.3) is 0 Å². The van der Waals surface area contributed by atoms with Crippen LogP contribution in [-0.4, -0.2) is 10.0 Å². The number of non-ortho nitro benzene ring substituents is 1. The van der Waals surface area contributed by atoms with Gasteiger partial charge in [0, 0.05) is 26.9 Å². The molecule has 6 heteroatoms. The largest absolute Gasteiger partial charge is 0.392 e. The van der Waals surface area contributed by atoms with Gasteiger partial charge in [-0.25, -0.2) is 0 Å². The van der Waals surface area contributed by atoms with E-state index in [9.17, 15) is 15.2 Å². The summed E-state index contributed by atoms with van der Waals surface area (Å²) >= 11 is 7.31. The molecular formula is C13H10ClNO3S. The van der Waals surface area contributed by atoms with Crippen molar-refractivity contribution in [3.05, 3.63) is 63.2 Å². The van der Waals surface area contributed by atoms with Crippen molar-refractivity contribution in [2.75, 3.05) is 0 Å². The molecule has 0 radical (unpaired) electrons. The predicted octanol–water partition coefficient (Wildman–Crippen LogP) is 3.89. The van der Waals surface area contributed by atoms with Gasteiger partial charge in [0.1, 0.15) is 0 Å². The molecule has 0 aliphatic heterocycles. The molecule has 0 atom stereocenters. The number of aliphatic hydroxyl groups excluding tert-OH is 1. The second kappa shape index (κ2) is 6.06.